The van der Waals surface area contributed by atoms with Gasteiger partial charge in [-0.2, -0.15) is 0 Å². The molecule has 0 rings (SSSR count). The van der Waals surface area contributed by atoms with Crippen molar-refractivity contribution < 1.29 is 14.3 Å². The summed E-state index contributed by atoms with van der Waals surface area (Å²) in [6.07, 6.45) is 2.90. The molecule has 0 aliphatic heterocycles. The second-order valence-electron chi connectivity index (χ2n) is 6.44. The van der Waals surface area contributed by atoms with Gasteiger partial charge in [0.2, 0.25) is 0 Å². The van der Waals surface area contributed by atoms with Crippen LogP contribution in [0.5, 0.6) is 0 Å². The molecule has 0 aromatic carbocycles. The molecule has 0 aromatic rings. The van der Waals surface area contributed by atoms with Crippen molar-refractivity contribution in [3.05, 3.63) is 0 Å². The van der Waals surface area contributed by atoms with Gasteiger partial charge in [0.25, 0.3) is 0 Å². The minimum atomic E-state index is -0.281. The number of ketones is 1. The van der Waals surface area contributed by atoms with Crippen LogP contribution in [-0.2, 0) is 14.3 Å². The molecule has 118 valence electrons. The second kappa shape index (κ2) is 9.95. The summed E-state index contributed by atoms with van der Waals surface area (Å²) in [4.78, 5) is 24.6. The monoisotopic (exact) mass is 284 g/mol. The Labute approximate surface area is 124 Å². The quantitative estimate of drug-likeness (QED) is 0.563. The Morgan fingerprint density at radius 2 is 1.40 bits per heavy atom. The van der Waals surface area contributed by atoms with Crippen molar-refractivity contribution in [2.75, 3.05) is 6.61 Å². The summed E-state index contributed by atoms with van der Waals surface area (Å²) in [5, 5.41) is 0. The molecular formula is C17H32O3. The van der Waals surface area contributed by atoms with Crippen LogP contribution in [-0.4, -0.2) is 18.4 Å². The fourth-order valence-corrected chi connectivity index (χ4v) is 2.64. The molecular weight excluding hydrogens is 252 g/mol. The lowest BCUT2D eigenvalue weighted by molar-refractivity contribution is -0.153. The van der Waals surface area contributed by atoms with Crippen LogP contribution in [0.1, 0.15) is 67.2 Å². The van der Waals surface area contributed by atoms with Crippen molar-refractivity contribution >= 4 is 11.8 Å². The Morgan fingerprint density at radius 1 is 0.900 bits per heavy atom. The highest BCUT2D eigenvalue weighted by Gasteiger charge is 2.34. The summed E-state index contributed by atoms with van der Waals surface area (Å²) < 4.78 is 5.20. The first-order valence-corrected chi connectivity index (χ1v) is 8.02. The average molecular weight is 284 g/mol. The maximum Gasteiger partial charge on any atom is 0.309 e. The molecule has 0 saturated heterocycles. The van der Waals surface area contributed by atoms with E-state index in [0.29, 0.717) is 24.9 Å². The number of carbonyl (C=O) groups is 2. The topological polar surface area (TPSA) is 43.4 Å². The largest absolute Gasteiger partial charge is 0.466 e. The molecule has 2 unspecified atom stereocenters. The summed E-state index contributed by atoms with van der Waals surface area (Å²) in [7, 11) is 0. The average Bonchev–Trinajstić information content (AvgIpc) is 2.33. The van der Waals surface area contributed by atoms with Crippen molar-refractivity contribution in [1.82, 2.24) is 0 Å². The zero-order chi connectivity index (χ0) is 15.7. The Hall–Kier alpha value is -0.860. The minimum absolute atomic E-state index is 0.184. The third-order valence-electron chi connectivity index (χ3n) is 3.44. The van der Waals surface area contributed by atoms with Gasteiger partial charge >= 0.3 is 5.97 Å². The molecule has 0 spiro atoms. The first-order valence-electron chi connectivity index (χ1n) is 8.02. The van der Waals surface area contributed by atoms with E-state index in [-0.39, 0.29) is 23.6 Å². The molecule has 3 nitrogen and oxygen atoms in total. The van der Waals surface area contributed by atoms with Crippen LogP contribution in [0.4, 0.5) is 0 Å². The van der Waals surface area contributed by atoms with E-state index >= 15 is 0 Å². The molecule has 0 fully saturated rings. The summed E-state index contributed by atoms with van der Waals surface area (Å²) in [6, 6.07) is 0. The molecule has 0 aromatic heterocycles. The molecule has 0 radical (unpaired) electrons. The SMILES string of the molecule is CCCC(=O)C(CC(C)C)C(CC(C)C)C(=O)OCC. The van der Waals surface area contributed by atoms with Crippen molar-refractivity contribution in [2.24, 2.45) is 23.7 Å². The van der Waals surface area contributed by atoms with Crippen molar-refractivity contribution in [2.45, 2.75) is 67.2 Å². The van der Waals surface area contributed by atoms with Crippen LogP contribution in [0.25, 0.3) is 0 Å². The molecule has 3 heteroatoms. The Bertz CT molecular complexity index is 265. The van der Waals surface area contributed by atoms with Crippen LogP contribution < -0.4 is 0 Å². The van der Waals surface area contributed by atoms with E-state index in [4.69, 9.17) is 4.74 Å². The van der Waals surface area contributed by atoms with Gasteiger partial charge in [-0.3, -0.25) is 9.59 Å². The lowest BCUT2D eigenvalue weighted by Crippen LogP contribution is -2.33. The van der Waals surface area contributed by atoms with E-state index in [1.807, 2.05) is 13.8 Å². The van der Waals surface area contributed by atoms with E-state index in [1.54, 1.807) is 0 Å². The van der Waals surface area contributed by atoms with Gasteiger partial charge in [0.1, 0.15) is 5.78 Å². The normalized spacial score (nSPS) is 14.4. The standard InChI is InChI=1S/C17H32O3/c1-7-9-16(18)14(10-12(3)4)15(11-13(5)6)17(19)20-8-2/h12-15H,7-11H2,1-6H3. The number of rotatable bonds is 10. The molecule has 0 N–H and O–H groups in total. The number of Topliss-reactive ketones (excluding diaryl/α,β-unsaturated/α-hetero) is 1. The summed E-state index contributed by atoms with van der Waals surface area (Å²) in [5.41, 5.74) is 0. The van der Waals surface area contributed by atoms with Crippen molar-refractivity contribution in [3.63, 3.8) is 0 Å². The fourth-order valence-electron chi connectivity index (χ4n) is 2.64. The predicted octanol–water partition coefficient (Wildman–Crippen LogP) is 4.24. The van der Waals surface area contributed by atoms with Gasteiger partial charge in [-0.05, 0) is 38.0 Å². The van der Waals surface area contributed by atoms with E-state index in [9.17, 15) is 9.59 Å². The van der Waals surface area contributed by atoms with E-state index in [1.165, 1.54) is 0 Å². The van der Waals surface area contributed by atoms with Gasteiger partial charge in [0.05, 0.1) is 12.5 Å². The summed E-state index contributed by atoms with van der Waals surface area (Å²) >= 11 is 0. The van der Waals surface area contributed by atoms with Gasteiger partial charge in [0.15, 0.2) is 0 Å². The highest BCUT2D eigenvalue weighted by molar-refractivity contribution is 5.86. The summed E-state index contributed by atoms with van der Waals surface area (Å²) in [6.45, 7) is 12.6. The highest BCUT2D eigenvalue weighted by Crippen LogP contribution is 2.29. The van der Waals surface area contributed by atoms with Crippen LogP contribution in [0, 0.1) is 23.7 Å². The van der Waals surface area contributed by atoms with E-state index < -0.39 is 0 Å². The maximum absolute atomic E-state index is 12.4. The predicted molar refractivity (Wildman–Crippen MR) is 82.4 cm³/mol. The van der Waals surface area contributed by atoms with Crippen molar-refractivity contribution in [3.8, 4) is 0 Å². The smallest absolute Gasteiger partial charge is 0.309 e. The third-order valence-corrected chi connectivity index (χ3v) is 3.44. The molecule has 0 aliphatic carbocycles. The first kappa shape index (κ1) is 19.1. The van der Waals surface area contributed by atoms with Crippen molar-refractivity contribution in [1.29, 1.82) is 0 Å². The number of hydrogen-bond acceptors (Lipinski definition) is 3. The lowest BCUT2D eigenvalue weighted by Gasteiger charge is -2.27. The third kappa shape index (κ3) is 7.06. The molecule has 0 aliphatic rings. The molecule has 2 atom stereocenters. The minimum Gasteiger partial charge on any atom is -0.466 e. The van der Waals surface area contributed by atoms with Gasteiger partial charge in [-0.25, -0.2) is 0 Å². The van der Waals surface area contributed by atoms with E-state index in [2.05, 4.69) is 27.7 Å². The number of hydrogen-bond donors (Lipinski definition) is 0. The Kier molecular flexibility index (Phi) is 9.52. The lowest BCUT2D eigenvalue weighted by atomic mass is 9.77. The van der Waals surface area contributed by atoms with E-state index in [0.717, 1.165) is 19.3 Å². The molecule has 0 heterocycles. The van der Waals surface area contributed by atoms with Crippen LogP contribution in [0.2, 0.25) is 0 Å². The molecule has 0 saturated carbocycles. The number of ether oxygens (including phenoxy) is 1. The van der Waals surface area contributed by atoms with Crippen LogP contribution >= 0.6 is 0 Å². The molecule has 20 heavy (non-hydrogen) atoms. The molecule has 0 amide bonds. The zero-order valence-electron chi connectivity index (χ0n) is 14.1. The zero-order valence-corrected chi connectivity index (χ0v) is 14.1. The van der Waals surface area contributed by atoms with Gasteiger partial charge < -0.3 is 4.74 Å². The Morgan fingerprint density at radius 3 is 1.80 bits per heavy atom. The molecule has 0 bridgehead atoms. The number of carbonyl (C=O) groups excluding carboxylic acids is 2. The maximum atomic E-state index is 12.4. The summed E-state index contributed by atoms with van der Waals surface area (Å²) in [5.74, 6) is 0.349. The number of esters is 1. The fraction of sp³-hybridized carbons (Fsp3) is 0.882. The van der Waals surface area contributed by atoms with Gasteiger partial charge in [-0.1, -0.05) is 34.6 Å². The van der Waals surface area contributed by atoms with Crippen LogP contribution in [0.3, 0.4) is 0 Å². The van der Waals surface area contributed by atoms with Crippen LogP contribution in [0.15, 0.2) is 0 Å². The second-order valence-corrected chi connectivity index (χ2v) is 6.44. The Balaban J connectivity index is 5.14. The van der Waals surface area contributed by atoms with Gasteiger partial charge in [0, 0.05) is 12.3 Å². The first-order chi connectivity index (χ1) is 9.33. The highest BCUT2D eigenvalue weighted by atomic mass is 16.5. The van der Waals surface area contributed by atoms with Gasteiger partial charge in [-0.15, -0.1) is 0 Å².